The third kappa shape index (κ3) is 3.96. The summed E-state index contributed by atoms with van der Waals surface area (Å²) in [6.45, 7) is 0. The van der Waals surface area contributed by atoms with Crippen LogP contribution in [-0.2, 0) is 0 Å². The average Bonchev–Trinajstić information content (AvgIpc) is 3.74. The molecule has 1 unspecified atom stereocenters. The van der Waals surface area contributed by atoms with Crippen LogP contribution < -0.4 is 0 Å². The van der Waals surface area contributed by atoms with E-state index in [0.717, 1.165) is 56.0 Å². The summed E-state index contributed by atoms with van der Waals surface area (Å²) < 4.78 is 8.88. The zero-order valence-electron chi connectivity index (χ0n) is 26.9. The third-order valence-electron chi connectivity index (χ3n) is 10.3. The van der Waals surface area contributed by atoms with Crippen LogP contribution in [0.25, 0.3) is 87.4 Å². The number of aliphatic imine (C=N–C) groups is 1. The van der Waals surface area contributed by atoms with Gasteiger partial charge in [-0.15, -0.1) is 0 Å². The van der Waals surface area contributed by atoms with Gasteiger partial charge in [0.1, 0.15) is 11.2 Å². The predicted octanol–water partition coefficient (Wildman–Crippen LogP) is 12.5. The van der Waals surface area contributed by atoms with Gasteiger partial charge in [0, 0.05) is 32.6 Å². The standard InChI is InChI=1S/C46H28N3O/c1-2-12-28(13-3-1)46-47-38(27-43(48-46)49-39-21-8-6-18-34(39)35-19-7-9-22-40(35)49)30-15-10-14-29(24-30)31-25-37-33-17-5-4-16-32(33)36-20-11-23-41-44(36)45(37)42(26-31)50-41/h1-27,43H/q-1. The Balaban J connectivity index is 1.11. The fourth-order valence-electron chi connectivity index (χ4n) is 8.10. The summed E-state index contributed by atoms with van der Waals surface area (Å²) in [6, 6.07) is 55.8. The first-order chi connectivity index (χ1) is 24.8. The van der Waals surface area contributed by atoms with E-state index in [-0.39, 0.29) is 6.17 Å². The Morgan fingerprint density at radius 3 is 1.84 bits per heavy atom. The van der Waals surface area contributed by atoms with E-state index in [2.05, 4.69) is 150 Å². The first-order valence-corrected chi connectivity index (χ1v) is 17.0. The summed E-state index contributed by atoms with van der Waals surface area (Å²) in [7, 11) is 0. The second-order valence-electron chi connectivity index (χ2n) is 13.1. The van der Waals surface area contributed by atoms with Crippen molar-refractivity contribution in [3.63, 3.8) is 0 Å². The highest BCUT2D eigenvalue weighted by Gasteiger charge is 2.20. The van der Waals surface area contributed by atoms with Crippen molar-refractivity contribution in [2.75, 3.05) is 0 Å². The SMILES string of the molecule is C1=C(c2cccc(-c3cc4oc5cccc6c7ccccc7c(c3)c4c56)c2)N=C(c2ccccc2)[N-]C1n1c2ccccc2c2ccccc21. The molecule has 0 bridgehead atoms. The summed E-state index contributed by atoms with van der Waals surface area (Å²) in [5.74, 6) is 0.723. The topological polar surface area (TPSA) is 44.5 Å². The van der Waals surface area contributed by atoms with Gasteiger partial charge in [-0.2, -0.15) is 0 Å². The van der Waals surface area contributed by atoms with Crippen molar-refractivity contribution in [2.45, 2.75) is 6.17 Å². The lowest BCUT2D eigenvalue weighted by molar-refractivity contribution is 0.669. The molecule has 3 heterocycles. The summed E-state index contributed by atoms with van der Waals surface area (Å²) in [4.78, 5) is 5.21. The van der Waals surface area contributed by atoms with Crippen LogP contribution in [0.1, 0.15) is 17.3 Å². The second-order valence-corrected chi connectivity index (χ2v) is 13.1. The quantitative estimate of drug-likeness (QED) is 0.177. The number of nitrogens with zero attached hydrogens (tertiary/aromatic N) is 3. The number of fused-ring (bicyclic) bond motifs is 6. The average molecular weight is 639 g/mol. The van der Waals surface area contributed by atoms with Crippen molar-refractivity contribution < 1.29 is 4.42 Å². The summed E-state index contributed by atoms with van der Waals surface area (Å²) in [5.41, 5.74) is 9.28. The number of aromatic nitrogens is 1. The van der Waals surface area contributed by atoms with Gasteiger partial charge in [-0.05, 0) is 85.9 Å². The van der Waals surface area contributed by atoms with Gasteiger partial charge in [0.2, 0.25) is 0 Å². The molecule has 4 heteroatoms. The fraction of sp³-hybridized carbons (Fsp3) is 0.0217. The molecule has 11 rings (SSSR count). The molecule has 0 fully saturated rings. The highest BCUT2D eigenvalue weighted by Crippen LogP contribution is 2.45. The molecule has 0 aliphatic carbocycles. The van der Waals surface area contributed by atoms with E-state index in [9.17, 15) is 0 Å². The van der Waals surface area contributed by atoms with Crippen molar-refractivity contribution in [2.24, 2.45) is 4.99 Å². The highest BCUT2D eigenvalue weighted by molar-refractivity contribution is 6.33. The Morgan fingerprint density at radius 1 is 0.460 bits per heavy atom. The van der Waals surface area contributed by atoms with E-state index in [1.54, 1.807) is 0 Å². The van der Waals surface area contributed by atoms with Crippen LogP contribution in [0, 0.1) is 0 Å². The Morgan fingerprint density at radius 2 is 1.06 bits per heavy atom. The van der Waals surface area contributed by atoms with Gasteiger partial charge in [-0.1, -0.05) is 133 Å². The molecule has 0 amide bonds. The zero-order chi connectivity index (χ0) is 32.8. The van der Waals surface area contributed by atoms with Crippen LogP contribution in [0.4, 0.5) is 0 Å². The van der Waals surface area contributed by atoms with Crippen LogP contribution in [0.15, 0.2) is 173 Å². The number of benzene rings is 8. The first kappa shape index (κ1) is 27.3. The smallest absolute Gasteiger partial charge is 0.136 e. The molecule has 1 aliphatic rings. The number of furan rings is 1. The summed E-state index contributed by atoms with van der Waals surface area (Å²) in [6.07, 6.45) is 1.92. The molecule has 0 N–H and O–H groups in total. The van der Waals surface area contributed by atoms with Gasteiger partial charge in [0.25, 0.3) is 0 Å². The lowest BCUT2D eigenvalue weighted by Crippen LogP contribution is -2.15. The lowest BCUT2D eigenvalue weighted by atomic mass is 9.91. The van der Waals surface area contributed by atoms with Crippen molar-refractivity contribution >= 4 is 76.8 Å². The van der Waals surface area contributed by atoms with E-state index in [1.807, 2.05) is 18.2 Å². The van der Waals surface area contributed by atoms with E-state index in [0.29, 0.717) is 0 Å². The molecular weight excluding hydrogens is 611 g/mol. The maximum atomic E-state index is 6.53. The van der Waals surface area contributed by atoms with Crippen molar-refractivity contribution in [3.05, 3.63) is 180 Å². The van der Waals surface area contributed by atoms with E-state index < -0.39 is 0 Å². The molecule has 1 aliphatic heterocycles. The molecule has 8 aromatic carbocycles. The van der Waals surface area contributed by atoms with Crippen LogP contribution in [0.3, 0.4) is 0 Å². The molecule has 2 aromatic heterocycles. The maximum absolute atomic E-state index is 6.53. The van der Waals surface area contributed by atoms with Gasteiger partial charge in [-0.3, -0.25) is 0 Å². The van der Waals surface area contributed by atoms with Gasteiger partial charge in [-0.25, -0.2) is 0 Å². The maximum Gasteiger partial charge on any atom is 0.136 e. The molecule has 234 valence electrons. The molecule has 0 saturated heterocycles. The minimum Gasteiger partial charge on any atom is -0.456 e. The van der Waals surface area contributed by atoms with Gasteiger partial charge >= 0.3 is 0 Å². The molecule has 0 saturated carbocycles. The Bertz CT molecular complexity index is 2960. The summed E-state index contributed by atoms with van der Waals surface area (Å²) >= 11 is 0. The van der Waals surface area contributed by atoms with E-state index >= 15 is 0 Å². The van der Waals surface area contributed by atoms with Crippen LogP contribution in [0.2, 0.25) is 0 Å². The van der Waals surface area contributed by atoms with Gasteiger partial charge in [0.15, 0.2) is 0 Å². The number of rotatable bonds is 4. The predicted molar refractivity (Wildman–Crippen MR) is 208 cm³/mol. The zero-order valence-corrected chi connectivity index (χ0v) is 26.9. The normalized spacial score (nSPS) is 15.0. The third-order valence-corrected chi connectivity index (χ3v) is 10.3. The van der Waals surface area contributed by atoms with E-state index in [4.69, 9.17) is 14.7 Å². The molecule has 1 atom stereocenters. The minimum atomic E-state index is -0.284. The van der Waals surface area contributed by atoms with Crippen molar-refractivity contribution in [1.29, 1.82) is 0 Å². The Hall–Kier alpha value is -6.65. The largest absolute Gasteiger partial charge is 0.456 e. The second kappa shape index (κ2) is 10.4. The monoisotopic (exact) mass is 638 g/mol. The van der Waals surface area contributed by atoms with Crippen molar-refractivity contribution in [1.82, 2.24) is 4.57 Å². The summed E-state index contributed by atoms with van der Waals surface area (Å²) in [5, 5.41) is 15.0. The van der Waals surface area contributed by atoms with E-state index in [1.165, 1.54) is 43.1 Å². The molecule has 0 radical (unpaired) electrons. The number of amidine groups is 1. The van der Waals surface area contributed by atoms with Crippen LogP contribution >= 0.6 is 0 Å². The lowest BCUT2D eigenvalue weighted by Gasteiger charge is -2.35. The number of para-hydroxylation sites is 2. The molecule has 50 heavy (non-hydrogen) atoms. The Labute approximate surface area is 287 Å². The molecular formula is C46H28N3O-. The van der Waals surface area contributed by atoms with Gasteiger partial charge in [0.05, 0.1) is 6.17 Å². The van der Waals surface area contributed by atoms with Gasteiger partial charge < -0.3 is 19.3 Å². The Kier molecular flexibility index (Phi) is 5.69. The first-order valence-electron chi connectivity index (χ1n) is 17.0. The number of hydrogen-bond donors (Lipinski definition) is 0. The fourth-order valence-corrected chi connectivity index (χ4v) is 8.10. The molecule has 4 nitrogen and oxygen atoms in total. The van der Waals surface area contributed by atoms with Crippen LogP contribution in [0.5, 0.6) is 0 Å². The minimum absolute atomic E-state index is 0.284. The molecule has 0 spiro atoms. The number of hydrogen-bond acceptors (Lipinski definition) is 2. The van der Waals surface area contributed by atoms with Crippen LogP contribution in [-0.4, -0.2) is 10.4 Å². The van der Waals surface area contributed by atoms with Crippen molar-refractivity contribution in [3.8, 4) is 11.1 Å². The highest BCUT2D eigenvalue weighted by atomic mass is 16.3. The molecule has 10 aromatic rings.